The number of nitrogens with one attached hydrogen (secondary N) is 1. The van der Waals surface area contributed by atoms with E-state index in [0.717, 1.165) is 12.0 Å². The summed E-state index contributed by atoms with van der Waals surface area (Å²) in [5.41, 5.74) is 1.07. The van der Waals surface area contributed by atoms with E-state index in [1.54, 1.807) is 12.1 Å². The van der Waals surface area contributed by atoms with Gasteiger partial charge in [0, 0.05) is 0 Å². The first-order chi connectivity index (χ1) is 9.76. The number of benzene rings is 1. The normalized spacial score (nSPS) is 13.9. The summed E-state index contributed by atoms with van der Waals surface area (Å²) in [4.78, 5) is 12.0. The fourth-order valence-electron chi connectivity index (χ4n) is 1.99. The van der Waals surface area contributed by atoms with Crippen molar-refractivity contribution in [1.29, 1.82) is 5.26 Å². The molecule has 4 nitrogen and oxygen atoms in total. The van der Waals surface area contributed by atoms with Crippen molar-refractivity contribution in [2.24, 2.45) is 5.92 Å². The number of rotatable bonds is 4. The van der Waals surface area contributed by atoms with Crippen LogP contribution in [0.25, 0.3) is 0 Å². The first-order valence-corrected chi connectivity index (χ1v) is 7.26. The quantitative estimate of drug-likeness (QED) is 0.904. The van der Waals surface area contributed by atoms with E-state index in [1.165, 1.54) is 0 Å². The minimum absolute atomic E-state index is 0.127. The molecule has 1 rings (SSSR count). The maximum absolute atomic E-state index is 12.0. The molecule has 1 amide bonds. The molecule has 0 heterocycles. The molecule has 0 aliphatic carbocycles. The number of carbonyl (C=O) groups is 1. The van der Waals surface area contributed by atoms with Crippen LogP contribution in [0.5, 0.6) is 0 Å². The maximum atomic E-state index is 12.0. The number of nitriles is 1. The number of carbonyl (C=O) groups excluding carboxylic acids is 1. The highest BCUT2D eigenvalue weighted by atomic mass is 16.6. The molecule has 114 valence electrons. The first kappa shape index (κ1) is 17.0. The van der Waals surface area contributed by atoms with Crippen molar-refractivity contribution >= 4 is 6.09 Å². The second-order valence-electron chi connectivity index (χ2n) is 6.24. The third kappa shape index (κ3) is 5.47. The summed E-state index contributed by atoms with van der Waals surface area (Å²) in [5, 5.41) is 11.8. The Morgan fingerprint density at radius 3 is 2.33 bits per heavy atom. The van der Waals surface area contributed by atoms with E-state index < -0.39 is 11.7 Å². The number of hydrogen-bond donors (Lipinski definition) is 1. The van der Waals surface area contributed by atoms with Crippen LogP contribution in [0.4, 0.5) is 4.79 Å². The van der Waals surface area contributed by atoms with Gasteiger partial charge in [0.2, 0.25) is 0 Å². The molecule has 0 aromatic heterocycles. The highest BCUT2D eigenvalue weighted by molar-refractivity contribution is 5.68. The Hall–Kier alpha value is -2.02. The Bertz CT molecular complexity index is 509. The van der Waals surface area contributed by atoms with E-state index in [2.05, 4.69) is 25.2 Å². The van der Waals surface area contributed by atoms with Crippen LogP contribution < -0.4 is 5.32 Å². The topological polar surface area (TPSA) is 62.1 Å². The van der Waals surface area contributed by atoms with Crippen molar-refractivity contribution < 1.29 is 9.53 Å². The van der Waals surface area contributed by atoms with Gasteiger partial charge in [0.25, 0.3) is 0 Å². The number of alkyl carbamates (subject to hydrolysis) is 1. The van der Waals surface area contributed by atoms with Crippen LogP contribution in [-0.2, 0) is 4.74 Å². The summed E-state index contributed by atoms with van der Waals surface area (Å²) < 4.78 is 5.33. The lowest BCUT2D eigenvalue weighted by Crippen LogP contribution is -2.37. The van der Waals surface area contributed by atoms with E-state index in [4.69, 9.17) is 10.00 Å². The molecule has 0 saturated carbocycles. The molecule has 1 aromatic rings. The van der Waals surface area contributed by atoms with Crippen molar-refractivity contribution in [3.63, 3.8) is 0 Å². The van der Waals surface area contributed by atoms with E-state index in [-0.39, 0.29) is 12.0 Å². The van der Waals surface area contributed by atoms with Gasteiger partial charge in [-0.15, -0.1) is 0 Å². The third-order valence-electron chi connectivity index (χ3n) is 3.28. The molecule has 0 aliphatic heterocycles. The summed E-state index contributed by atoms with van der Waals surface area (Å²) in [6.07, 6.45) is 0.512. The Morgan fingerprint density at radius 2 is 1.90 bits per heavy atom. The van der Waals surface area contributed by atoms with Gasteiger partial charge in [-0.2, -0.15) is 5.26 Å². The molecule has 1 N–H and O–H groups in total. The summed E-state index contributed by atoms with van der Waals surface area (Å²) >= 11 is 0. The third-order valence-corrected chi connectivity index (χ3v) is 3.28. The zero-order valence-electron chi connectivity index (χ0n) is 13.4. The van der Waals surface area contributed by atoms with Gasteiger partial charge in [-0.25, -0.2) is 4.79 Å². The highest BCUT2D eigenvalue weighted by Gasteiger charge is 2.23. The van der Waals surface area contributed by atoms with E-state index in [1.807, 2.05) is 32.9 Å². The van der Waals surface area contributed by atoms with E-state index in [0.29, 0.717) is 5.56 Å². The van der Waals surface area contributed by atoms with Crippen molar-refractivity contribution in [3.8, 4) is 6.07 Å². The van der Waals surface area contributed by atoms with Crippen molar-refractivity contribution in [2.75, 3.05) is 0 Å². The van der Waals surface area contributed by atoms with Gasteiger partial charge >= 0.3 is 6.09 Å². The van der Waals surface area contributed by atoms with Gasteiger partial charge in [-0.1, -0.05) is 32.4 Å². The number of ether oxygens (including phenoxy) is 1. The molecule has 0 radical (unpaired) electrons. The van der Waals surface area contributed by atoms with Crippen LogP contribution in [0.15, 0.2) is 24.3 Å². The zero-order valence-corrected chi connectivity index (χ0v) is 13.4. The molecule has 0 spiro atoms. The second kappa shape index (κ2) is 7.12. The maximum Gasteiger partial charge on any atom is 0.408 e. The molecular formula is C17H24N2O2. The van der Waals surface area contributed by atoms with Crippen LogP contribution in [0, 0.1) is 17.2 Å². The minimum atomic E-state index is -0.519. The molecule has 2 atom stereocenters. The molecule has 4 heteroatoms. The smallest absolute Gasteiger partial charge is 0.408 e. The molecule has 2 unspecified atom stereocenters. The zero-order chi connectivity index (χ0) is 16.0. The van der Waals surface area contributed by atoms with Gasteiger partial charge in [0.15, 0.2) is 0 Å². The van der Waals surface area contributed by atoms with Gasteiger partial charge in [-0.05, 0) is 44.4 Å². The predicted molar refractivity (Wildman–Crippen MR) is 82.7 cm³/mol. The first-order valence-electron chi connectivity index (χ1n) is 7.26. The Balaban J connectivity index is 2.90. The Kier molecular flexibility index (Phi) is 5.78. The number of amides is 1. The van der Waals surface area contributed by atoms with Gasteiger partial charge in [-0.3, -0.25) is 0 Å². The Morgan fingerprint density at radius 1 is 1.33 bits per heavy atom. The van der Waals surface area contributed by atoms with E-state index in [9.17, 15) is 4.79 Å². The van der Waals surface area contributed by atoms with Crippen molar-refractivity contribution in [1.82, 2.24) is 5.32 Å². The van der Waals surface area contributed by atoms with Crippen molar-refractivity contribution in [2.45, 2.75) is 52.7 Å². The molecule has 0 aliphatic rings. The monoisotopic (exact) mass is 288 g/mol. The van der Waals surface area contributed by atoms with Crippen LogP contribution in [-0.4, -0.2) is 11.7 Å². The minimum Gasteiger partial charge on any atom is -0.444 e. The second-order valence-corrected chi connectivity index (χ2v) is 6.24. The lowest BCUT2D eigenvalue weighted by Gasteiger charge is -2.27. The van der Waals surface area contributed by atoms with Gasteiger partial charge < -0.3 is 10.1 Å². The highest BCUT2D eigenvalue weighted by Crippen LogP contribution is 2.25. The summed E-state index contributed by atoms with van der Waals surface area (Å²) in [6.45, 7) is 9.68. The Labute approximate surface area is 127 Å². The lowest BCUT2D eigenvalue weighted by atomic mass is 9.92. The summed E-state index contributed by atoms with van der Waals surface area (Å²) in [6, 6.07) is 9.26. The summed E-state index contributed by atoms with van der Waals surface area (Å²) in [7, 11) is 0. The lowest BCUT2D eigenvalue weighted by molar-refractivity contribution is 0.0486. The molecule has 1 aromatic carbocycles. The fourth-order valence-corrected chi connectivity index (χ4v) is 1.99. The summed E-state index contributed by atoms with van der Waals surface area (Å²) in [5.74, 6) is 0.269. The van der Waals surface area contributed by atoms with Crippen LogP contribution in [0.1, 0.15) is 58.2 Å². The average Bonchev–Trinajstić information content (AvgIpc) is 2.42. The molecule has 0 saturated heterocycles. The molecule has 0 bridgehead atoms. The van der Waals surface area contributed by atoms with E-state index >= 15 is 0 Å². The largest absolute Gasteiger partial charge is 0.444 e. The van der Waals surface area contributed by atoms with Crippen LogP contribution in [0.3, 0.4) is 0 Å². The molecule has 0 fully saturated rings. The SMILES string of the molecule is CCC(C)C(NC(=O)OC(C)(C)C)c1ccc(C#N)cc1. The van der Waals surface area contributed by atoms with Crippen molar-refractivity contribution in [3.05, 3.63) is 35.4 Å². The fraction of sp³-hybridized carbons (Fsp3) is 0.529. The predicted octanol–water partition coefficient (Wildman–Crippen LogP) is 4.17. The number of hydrogen-bond acceptors (Lipinski definition) is 3. The molecule has 21 heavy (non-hydrogen) atoms. The van der Waals surface area contributed by atoms with Crippen LogP contribution >= 0.6 is 0 Å². The average molecular weight is 288 g/mol. The van der Waals surface area contributed by atoms with Gasteiger partial charge in [0.05, 0.1) is 17.7 Å². The number of nitrogens with zero attached hydrogens (tertiary/aromatic N) is 1. The van der Waals surface area contributed by atoms with Crippen LogP contribution in [0.2, 0.25) is 0 Å². The molecular weight excluding hydrogens is 264 g/mol. The standard InChI is InChI=1S/C17H24N2O2/c1-6-12(2)15(19-16(20)21-17(3,4)5)14-9-7-13(11-18)8-10-14/h7-10,12,15H,6H2,1-5H3,(H,19,20). The van der Waals surface area contributed by atoms with Gasteiger partial charge in [0.1, 0.15) is 5.60 Å².